The normalized spacial score (nSPS) is 18.1. The number of amides is 1. The maximum Gasteiger partial charge on any atom is 0.226 e. The number of furan rings is 1. The molecule has 5 nitrogen and oxygen atoms in total. The summed E-state index contributed by atoms with van der Waals surface area (Å²) < 4.78 is 7.59. The minimum atomic E-state index is -0.0696. The number of aryl methyl sites for hydroxylation is 1. The molecule has 1 amide bonds. The van der Waals surface area contributed by atoms with Crippen LogP contribution in [0.25, 0.3) is 11.0 Å². The Morgan fingerprint density at radius 3 is 3.10 bits per heavy atom. The Balaban J connectivity index is 1.87. The molecule has 1 aliphatic heterocycles. The third-order valence-corrected chi connectivity index (χ3v) is 3.78. The molecule has 0 radical (unpaired) electrons. The second-order valence-corrected chi connectivity index (χ2v) is 5.06. The summed E-state index contributed by atoms with van der Waals surface area (Å²) >= 11 is 0. The molecule has 1 unspecified atom stereocenters. The third-order valence-electron chi connectivity index (χ3n) is 3.78. The monoisotopic (exact) mass is 267 g/mol. The number of fused-ring (bicyclic) bond motifs is 2. The fourth-order valence-electron chi connectivity index (χ4n) is 2.77. The summed E-state index contributed by atoms with van der Waals surface area (Å²) in [5.41, 5.74) is 1.85. The number of nitrogens with zero attached hydrogens (tertiary/aromatic N) is 2. The highest BCUT2D eigenvalue weighted by atomic mass is 16.3. The summed E-state index contributed by atoms with van der Waals surface area (Å²) in [6.45, 7) is 0. The van der Waals surface area contributed by atoms with Crippen LogP contribution in [0.5, 0.6) is 0 Å². The Morgan fingerprint density at radius 1 is 1.40 bits per heavy atom. The van der Waals surface area contributed by atoms with Gasteiger partial charge in [-0.1, -0.05) is 18.2 Å². The highest BCUT2D eigenvalue weighted by molar-refractivity contribution is 5.94. The molecule has 0 bridgehead atoms. The van der Waals surface area contributed by atoms with Crippen molar-refractivity contribution < 1.29 is 9.21 Å². The Labute approximate surface area is 115 Å². The number of benzene rings is 1. The molecule has 3 heterocycles. The van der Waals surface area contributed by atoms with Crippen LogP contribution < -0.4 is 5.32 Å². The van der Waals surface area contributed by atoms with E-state index in [0.29, 0.717) is 6.42 Å². The van der Waals surface area contributed by atoms with Gasteiger partial charge in [0.1, 0.15) is 17.2 Å². The molecule has 3 aromatic rings. The van der Waals surface area contributed by atoms with Crippen LogP contribution in [0.2, 0.25) is 0 Å². The minimum Gasteiger partial charge on any atom is -0.460 e. The standard InChI is InChI=1S/C15H13N3O2/c1-18-15-11(8-16-18)10(7-14(19)17-15)13-6-9-4-2-3-5-12(9)20-13/h2-6,8,10H,7H2,1H3,(H,17,19). The van der Waals surface area contributed by atoms with Gasteiger partial charge in [-0.25, -0.2) is 0 Å². The molecule has 0 saturated heterocycles. The fourth-order valence-corrected chi connectivity index (χ4v) is 2.77. The first-order chi connectivity index (χ1) is 9.72. The molecule has 2 aromatic heterocycles. The summed E-state index contributed by atoms with van der Waals surface area (Å²) in [4.78, 5) is 11.9. The largest absolute Gasteiger partial charge is 0.460 e. The first kappa shape index (κ1) is 11.3. The van der Waals surface area contributed by atoms with E-state index >= 15 is 0 Å². The average Bonchev–Trinajstić information content (AvgIpc) is 3.02. The number of carbonyl (C=O) groups is 1. The van der Waals surface area contributed by atoms with Crippen LogP contribution in [0.1, 0.15) is 23.7 Å². The minimum absolute atomic E-state index is 0.00782. The lowest BCUT2D eigenvalue weighted by Crippen LogP contribution is -2.24. The molecule has 1 aliphatic rings. The first-order valence-corrected chi connectivity index (χ1v) is 6.52. The number of nitrogens with one attached hydrogen (secondary N) is 1. The quantitative estimate of drug-likeness (QED) is 0.737. The van der Waals surface area contributed by atoms with Crippen molar-refractivity contribution in [3.8, 4) is 0 Å². The van der Waals surface area contributed by atoms with Gasteiger partial charge >= 0.3 is 0 Å². The second kappa shape index (κ2) is 3.96. The molecule has 1 atom stereocenters. The molecule has 0 saturated carbocycles. The number of aromatic nitrogens is 2. The maximum atomic E-state index is 11.9. The van der Waals surface area contributed by atoms with Crippen molar-refractivity contribution >= 4 is 22.7 Å². The van der Waals surface area contributed by atoms with E-state index in [1.807, 2.05) is 37.4 Å². The lowest BCUT2D eigenvalue weighted by Gasteiger charge is -2.21. The molecule has 0 aliphatic carbocycles. The van der Waals surface area contributed by atoms with Crippen molar-refractivity contribution in [1.82, 2.24) is 9.78 Å². The van der Waals surface area contributed by atoms with Gasteiger partial charge in [-0.3, -0.25) is 9.48 Å². The van der Waals surface area contributed by atoms with Crippen molar-refractivity contribution in [3.05, 3.63) is 47.9 Å². The topological polar surface area (TPSA) is 60.1 Å². The van der Waals surface area contributed by atoms with Crippen LogP contribution >= 0.6 is 0 Å². The molecular weight excluding hydrogens is 254 g/mol. The highest BCUT2D eigenvalue weighted by Crippen LogP contribution is 2.38. The van der Waals surface area contributed by atoms with Gasteiger partial charge in [0, 0.05) is 24.4 Å². The first-order valence-electron chi connectivity index (χ1n) is 6.52. The number of carbonyl (C=O) groups excluding carboxylic acids is 1. The molecule has 1 aromatic carbocycles. The van der Waals surface area contributed by atoms with E-state index in [1.54, 1.807) is 10.9 Å². The molecular formula is C15H13N3O2. The van der Waals surface area contributed by atoms with Crippen LogP contribution in [0.3, 0.4) is 0 Å². The maximum absolute atomic E-state index is 11.9. The molecule has 20 heavy (non-hydrogen) atoms. The van der Waals surface area contributed by atoms with Crippen molar-refractivity contribution in [2.75, 3.05) is 5.32 Å². The fraction of sp³-hybridized carbons (Fsp3) is 0.200. The van der Waals surface area contributed by atoms with E-state index in [-0.39, 0.29) is 11.8 Å². The predicted molar refractivity (Wildman–Crippen MR) is 74.5 cm³/mol. The summed E-state index contributed by atoms with van der Waals surface area (Å²) in [5, 5.41) is 8.14. The van der Waals surface area contributed by atoms with Crippen LogP contribution in [-0.4, -0.2) is 15.7 Å². The summed E-state index contributed by atoms with van der Waals surface area (Å²) in [6.07, 6.45) is 2.19. The van der Waals surface area contributed by atoms with Crippen molar-refractivity contribution in [2.24, 2.45) is 7.05 Å². The van der Waals surface area contributed by atoms with Gasteiger partial charge in [-0.2, -0.15) is 5.10 Å². The van der Waals surface area contributed by atoms with Gasteiger partial charge in [0.25, 0.3) is 0 Å². The van der Waals surface area contributed by atoms with E-state index in [0.717, 1.165) is 28.1 Å². The van der Waals surface area contributed by atoms with Gasteiger partial charge < -0.3 is 9.73 Å². The zero-order valence-corrected chi connectivity index (χ0v) is 11.0. The van der Waals surface area contributed by atoms with Crippen molar-refractivity contribution in [2.45, 2.75) is 12.3 Å². The molecule has 4 rings (SSSR count). The predicted octanol–water partition coefficient (Wildman–Crippen LogP) is 2.64. The molecule has 100 valence electrons. The highest BCUT2D eigenvalue weighted by Gasteiger charge is 2.31. The van der Waals surface area contributed by atoms with Crippen LogP contribution in [0, 0.1) is 0 Å². The third kappa shape index (κ3) is 1.56. The molecule has 1 N–H and O–H groups in total. The van der Waals surface area contributed by atoms with Gasteiger partial charge in [0.15, 0.2) is 0 Å². The van der Waals surface area contributed by atoms with Crippen LogP contribution in [0.4, 0.5) is 5.82 Å². The van der Waals surface area contributed by atoms with Crippen molar-refractivity contribution in [1.29, 1.82) is 0 Å². The lowest BCUT2D eigenvalue weighted by atomic mass is 9.92. The number of hydrogen-bond donors (Lipinski definition) is 1. The van der Waals surface area contributed by atoms with E-state index in [2.05, 4.69) is 10.4 Å². The van der Waals surface area contributed by atoms with Crippen LogP contribution in [0.15, 0.2) is 40.9 Å². The van der Waals surface area contributed by atoms with Crippen molar-refractivity contribution in [3.63, 3.8) is 0 Å². The Morgan fingerprint density at radius 2 is 2.25 bits per heavy atom. The Hall–Kier alpha value is -2.56. The van der Waals surface area contributed by atoms with Gasteiger partial charge in [0.05, 0.1) is 12.1 Å². The molecule has 0 fully saturated rings. The Kier molecular flexibility index (Phi) is 2.24. The molecule has 5 heteroatoms. The Bertz CT molecular complexity index is 783. The number of anilines is 1. The zero-order chi connectivity index (χ0) is 13.7. The SMILES string of the molecule is Cn1ncc2c1NC(=O)CC2c1cc2ccccc2o1. The van der Waals surface area contributed by atoms with Gasteiger partial charge in [0.2, 0.25) is 5.91 Å². The van der Waals surface area contributed by atoms with E-state index in [1.165, 1.54) is 0 Å². The van der Waals surface area contributed by atoms with Gasteiger partial charge in [-0.05, 0) is 12.1 Å². The number of rotatable bonds is 1. The zero-order valence-electron chi connectivity index (χ0n) is 11.0. The number of hydrogen-bond acceptors (Lipinski definition) is 3. The van der Waals surface area contributed by atoms with Gasteiger partial charge in [-0.15, -0.1) is 0 Å². The summed E-state index contributed by atoms with van der Waals surface area (Å²) in [5.74, 6) is 1.49. The summed E-state index contributed by atoms with van der Waals surface area (Å²) in [7, 11) is 1.82. The molecule has 0 spiro atoms. The summed E-state index contributed by atoms with van der Waals surface area (Å²) in [6, 6.07) is 9.88. The number of para-hydroxylation sites is 1. The van der Waals surface area contributed by atoms with E-state index in [4.69, 9.17) is 4.42 Å². The van der Waals surface area contributed by atoms with Crippen LogP contribution in [-0.2, 0) is 11.8 Å². The van der Waals surface area contributed by atoms with E-state index < -0.39 is 0 Å². The lowest BCUT2D eigenvalue weighted by molar-refractivity contribution is -0.116. The average molecular weight is 267 g/mol. The smallest absolute Gasteiger partial charge is 0.226 e. The van der Waals surface area contributed by atoms with E-state index in [9.17, 15) is 4.79 Å². The second-order valence-electron chi connectivity index (χ2n) is 5.06.